The third kappa shape index (κ3) is 4.06. The van der Waals surface area contributed by atoms with Gasteiger partial charge in [0.15, 0.2) is 0 Å². The lowest BCUT2D eigenvalue weighted by atomic mass is 10.1. The minimum Gasteiger partial charge on any atom is -0.340 e. The zero-order valence-electron chi connectivity index (χ0n) is 15.2. The van der Waals surface area contributed by atoms with Crippen molar-refractivity contribution >= 4 is 22.5 Å². The first-order chi connectivity index (χ1) is 12.1. The Morgan fingerprint density at radius 3 is 2.52 bits per heavy atom. The Hall–Kier alpha value is -1.81. The Morgan fingerprint density at radius 2 is 1.76 bits per heavy atom. The minimum atomic E-state index is 0.795. The van der Waals surface area contributed by atoms with Crippen LogP contribution in [0.2, 0.25) is 5.02 Å². The molecule has 3 aromatic rings. The summed E-state index contributed by atoms with van der Waals surface area (Å²) < 4.78 is 2.37. The molecule has 3 nitrogen and oxygen atoms in total. The Bertz CT molecular complexity index is 851. The van der Waals surface area contributed by atoms with Crippen LogP contribution in [0.5, 0.6) is 0 Å². The molecule has 0 aliphatic heterocycles. The summed E-state index contributed by atoms with van der Waals surface area (Å²) in [5, 5.41) is 5.72. The molecule has 0 saturated carbocycles. The first-order valence-electron chi connectivity index (χ1n) is 8.73. The van der Waals surface area contributed by atoms with Gasteiger partial charge in [-0.05, 0) is 44.3 Å². The maximum absolute atomic E-state index is 6.39. The predicted octanol–water partition coefficient (Wildman–Crippen LogP) is 4.30. The number of fused-ring (bicyclic) bond motifs is 1. The van der Waals surface area contributed by atoms with Crippen LogP contribution in [-0.4, -0.2) is 36.7 Å². The molecule has 25 heavy (non-hydrogen) atoms. The Labute approximate surface area is 155 Å². The molecule has 3 rings (SSSR count). The van der Waals surface area contributed by atoms with E-state index in [0.29, 0.717) is 0 Å². The average molecular weight is 356 g/mol. The normalized spacial score (nSPS) is 11.6. The van der Waals surface area contributed by atoms with Crippen LogP contribution in [0, 0.1) is 6.92 Å². The monoisotopic (exact) mass is 355 g/mol. The fourth-order valence-electron chi connectivity index (χ4n) is 3.24. The lowest BCUT2D eigenvalue weighted by molar-refractivity contribution is 0.400. The summed E-state index contributed by atoms with van der Waals surface area (Å²) in [5.74, 6) is 0. The van der Waals surface area contributed by atoms with E-state index < -0.39 is 0 Å². The van der Waals surface area contributed by atoms with Crippen molar-refractivity contribution in [2.24, 2.45) is 0 Å². The summed E-state index contributed by atoms with van der Waals surface area (Å²) in [6.45, 7) is 5.91. The van der Waals surface area contributed by atoms with Crippen molar-refractivity contribution in [3.8, 4) is 0 Å². The molecule has 0 spiro atoms. The van der Waals surface area contributed by atoms with E-state index >= 15 is 0 Å². The number of hydrogen-bond acceptors (Lipinski definition) is 2. The molecule has 0 fully saturated rings. The van der Waals surface area contributed by atoms with E-state index in [1.807, 2.05) is 18.2 Å². The summed E-state index contributed by atoms with van der Waals surface area (Å²) in [4.78, 5) is 2.19. The predicted molar refractivity (Wildman–Crippen MR) is 107 cm³/mol. The molecule has 1 N–H and O–H groups in total. The smallest absolute Gasteiger partial charge is 0.0493 e. The highest BCUT2D eigenvalue weighted by Gasteiger charge is 2.14. The second-order valence-electron chi connectivity index (χ2n) is 6.74. The molecule has 0 saturated heterocycles. The van der Waals surface area contributed by atoms with E-state index in [1.165, 1.54) is 22.2 Å². The van der Waals surface area contributed by atoms with Crippen LogP contribution in [0.15, 0.2) is 48.5 Å². The third-order valence-corrected chi connectivity index (χ3v) is 5.05. The Kier molecular flexibility index (Phi) is 5.79. The highest BCUT2D eigenvalue weighted by atomic mass is 35.5. The molecule has 4 heteroatoms. The number of rotatable bonds is 7. The number of hydrogen-bond donors (Lipinski definition) is 1. The summed E-state index contributed by atoms with van der Waals surface area (Å²) in [6.07, 6.45) is 0. The van der Waals surface area contributed by atoms with Crippen molar-refractivity contribution in [1.82, 2.24) is 14.8 Å². The first-order valence-corrected chi connectivity index (χ1v) is 9.11. The molecular formula is C21H26ClN3. The number of nitrogens with one attached hydrogen (secondary N) is 1. The number of para-hydroxylation sites is 1. The molecule has 0 radical (unpaired) electrons. The number of aromatic nitrogens is 1. The molecule has 1 heterocycles. The van der Waals surface area contributed by atoms with Gasteiger partial charge in [-0.25, -0.2) is 0 Å². The maximum Gasteiger partial charge on any atom is 0.0493 e. The van der Waals surface area contributed by atoms with Gasteiger partial charge >= 0.3 is 0 Å². The summed E-state index contributed by atoms with van der Waals surface area (Å²) in [6, 6.07) is 16.7. The Morgan fingerprint density at radius 1 is 1.04 bits per heavy atom. The minimum absolute atomic E-state index is 0.795. The first kappa shape index (κ1) is 18.0. The van der Waals surface area contributed by atoms with Gasteiger partial charge in [-0.2, -0.15) is 0 Å². The molecular weight excluding hydrogens is 330 g/mol. The number of benzene rings is 2. The van der Waals surface area contributed by atoms with Crippen molar-refractivity contribution in [2.45, 2.75) is 20.0 Å². The van der Waals surface area contributed by atoms with Crippen molar-refractivity contribution in [2.75, 3.05) is 27.2 Å². The number of likely N-dealkylation sites (N-methyl/N-ethyl adjacent to an activating group) is 1. The summed E-state index contributed by atoms with van der Waals surface area (Å²) in [7, 11) is 4.20. The van der Waals surface area contributed by atoms with Crippen LogP contribution < -0.4 is 5.32 Å². The van der Waals surface area contributed by atoms with Crippen LogP contribution >= 0.6 is 11.6 Å². The van der Waals surface area contributed by atoms with Crippen LogP contribution in [0.1, 0.15) is 16.8 Å². The molecule has 1 aromatic heterocycles. The lowest BCUT2D eigenvalue weighted by Gasteiger charge is -2.12. The fraction of sp³-hybridized carbons (Fsp3) is 0.333. The number of nitrogens with zero attached hydrogens (tertiary/aromatic N) is 2. The van der Waals surface area contributed by atoms with Gasteiger partial charge in [0.2, 0.25) is 0 Å². The molecule has 0 amide bonds. The molecule has 0 aliphatic carbocycles. The van der Waals surface area contributed by atoms with Gasteiger partial charge in [-0.15, -0.1) is 0 Å². The van der Waals surface area contributed by atoms with E-state index in [4.69, 9.17) is 11.6 Å². The van der Waals surface area contributed by atoms with Gasteiger partial charge < -0.3 is 14.8 Å². The van der Waals surface area contributed by atoms with Crippen molar-refractivity contribution < 1.29 is 0 Å². The standard InChI is InChI=1S/C21H26ClN3/c1-16-19(14-23-12-13-24(2)3)18-9-5-7-11-21(18)25(16)15-17-8-4-6-10-20(17)22/h4-11,23H,12-15H2,1-3H3. The highest BCUT2D eigenvalue weighted by Crippen LogP contribution is 2.28. The van der Waals surface area contributed by atoms with Gasteiger partial charge in [-0.3, -0.25) is 0 Å². The zero-order valence-corrected chi connectivity index (χ0v) is 16.0. The topological polar surface area (TPSA) is 20.2 Å². The molecule has 0 atom stereocenters. The van der Waals surface area contributed by atoms with Gasteiger partial charge in [0.05, 0.1) is 0 Å². The molecule has 132 valence electrons. The fourth-order valence-corrected chi connectivity index (χ4v) is 3.44. The molecule has 0 aliphatic rings. The average Bonchev–Trinajstić information content (AvgIpc) is 2.86. The SMILES string of the molecule is Cc1c(CNCCN(C)C)c2ccccc2n1Cc1ccccc1Cl. The highest BCUT2D eigenvalue weighted by molar-refractivity contribution is 6.31. The quantitative estimate of drug-likeness (QED) is 0.637. The van der Waals surface area contributed by atoms with Crippen molar-refractivity contribution in [3.63, 3.8) is 0 Å². The van der Waals surface area contributed by atoms with Gasteiger partial charge in [0.1, 0.15) is 0 Å². The third-order valence-electron chi connectivity index (χ3n) is 4.69. The van der Waals surface area contributed by atoms with E-state index in [-0.39, 0.29) is 0 Å². The number of halogens is 1. The van der Waals surface area contributed by atoms with Crippen molar-refractivity contribution in [1.29, 1.82) is 0 Å². The van der Waals surface area contributed by atoms with Gasteiger partial charge in [0, 0.05) is 47.8 Å². The maximum atomic E-state index is 6.39. The van der Waals surface area contributed by atoms with E-state index in [2.05, 4.69) is 66.1 Å². The van der Waals surface area contributed by atoms with E-state index in [9.17, 15) is 0 Å². The molecule has 0 bridgehead atoms. The van der Waals surface area contributed by atoms with E-state index in [0.717, 1.165) is 36.8 Å². The van der Waals surface area contributed by atoms with Crippen LogP contribution in [-0.2, 0) is 13.1 Å². The summed E-state index contributed by atoms with van der Waals surface area (Å²) in [5.41, 5.74) is 5.10. The summed E-state index contributed by atoms with van der Waals surface area (Å²) >= 11 is 6.39. The van der Waals surface area contributed by atoms with Gasteiger partial charge in [-0.1, -0.05) is 48.0 Å². The van der Waals surface area contributed by atoms with Crippen LogP contribution in [0.25, 0.3) is 10.9 Å². The van der Waals surface area contributed by atoms with E-state index in [1.54, 1.807) is 0 Å². The van der Waals surface area contributed by atoms with Crippen LogP contribution in [0.3, 0.4) is 0 Å². The van der Waals surface area contributed by atoms with Crippen molar-refractivity contribution in [3.05, 3.63) is 70.4 Å². The largest absolute Gasteiger partial charge is 0.340 e. The second-order valence-corrected chi connectivity index (χ2v) is 7.15. The van der Waals surface area contributed by atoms with Gasteiger partial charge in [0.25, 0.3) is 0 Å². The lowest BCUT2D eigenvalue weighted by Crippen LogP contribution is -2.26. The van der Waals surface area contributed by atoms with Crippen LogP contribution in [0.4, 0.5) is 0 Å². The Balaban J connectivity index is 1.91. The zero-order chi connectivity index (χ0) is 17.8. The molecule has 2 aromatic carbocycles. The molecule has 0 unspecified atom stereocenters. The second kappa shape index (κ2) is 8.05.